The van der Waals surface area contributed by atoms with Crippen LogP contribution in [0, 0.1) is 0 Å². The quantitative estimate of drug-likeness (QED) is 0.607. The van der Waals surface area contributed by atoms with Crippen LogP contribution in [0.15, 0.2) is 41.5 Å². The van der Waals surface area contributed by atoms with E-state index in [0.717, 1.165) is 19.3 Å². The van der Waals surface area contributed by atoms with Gasteiger partial charge in [-0.15, -0.1) is 0 Å². The predicted octanol–water partition coefficient (Wildman–Crippen LogP) is 2.93. The summed E-state index contributed by atoms with van der Waals surface area (Å²) in [5.41, 5.74) is 1.08. The summed E-state index contributed by atoms with van der Waals surface area (Å²) >= 11 is 5.79. The number of methoxy groups -OCH3 is 1. The zero-order valence-corrected chi connectivity index (χ0v) is 12.1. The van der Waals surface area contributed by atoms with Crippen LogP contribution in [0.4, 0.5) is 0 Å². The highest BCUT2D eigenvalue weighted by Gasteiger charge is 2.09. The lowest BCUT2D eigenvalue weighted by Crippen LogP contribution is -2.22. The summed E-state index contributed by atoms with van der Waals surface area (Å²) in [4.78, 5) is 15.9. The summed E-state index contributed by atoms with van der Waals surface area (Å²) in [5, 5.41) is 0.109. The Kier molecular flexibility index (Phi) is 5.18. The highest BCUT2D eigenvalue weighted by Crippen LogP contribution is 2.15. The third kappa shape index (κ3) is 3.61. The molecule has 1 aromatic heterocycles. The average Bonchev–Trinajstić information content (AvgIpc) is 2.47. The van der Waals surface area contributed by atoms with Gasteiger partial charge in [-0.1, -0.05) is 41.9 Å². The number of benzene rings is 1. The van der Waals surface area contributed by atoms with Crippen LogP contribution in [0.3, 0.4) is 0 Å². The van der Waals surface area contributed by atoms with Gasteiger partial charge in [0, 0.05) is 6.54 Å². The highest BCUT2D eigenvalue weighted by molar-refractivity contribution is 6.30. The van der Waals surface area contributed by atoms with E-state index in [9.17, 15) is 4.79 Å². The maximum absolute atomic E-state index is 12.0. The summed E-state index contributed by atoms with van der Waals surface area (Å²) in [6, 6.07) is 10.3. The molecule has 20 heavy (non-hydrogen) atoms. The first-order chi connectivity index (χ1) is 9.72. The maximum atomic E-state index is 12.0. The van der Waals surface area contributed by atoms with Gasteiger partial charge in [0.05, 0.1) is 13.4 Å². The largest absolute Gasteiger partial charge is 0.489 e. The lowest BCUT2D eigenvalue weighted by Gasteiger charge is -2.08. The molecule has 0 atom stereocenters. The fraction of sp³-hybridized carbons (Fsp3) is 0.333. The molecule has 0 saturated heterocycles. The van der Waals surface area contributed by atoms with Gasteiger partial charge in [-0.3, -0.25) is 9.36 Å². The summed E-state index contributed by atoms with van der Waals surface area (Å²) in [7, 11) is 1.42. The van der Waals surface area contributed by atoms with Crippen LogP contribution >= 0.6 is 11.6 Å². The smallest absolute Gasteiger partial charge is 0.297 e. The first kappa shape index (κ1) is 14.6. The second-order valence-corrected chi connectivity index (χ2v) is 4.87. The van der Waals surface area contributed by atoms with E-state index in [0.29, 0.717) is 6.54 Å². The van der Waals surface area contributed by atoms with E-state index in [4.69, 9.17) is 16.3 Å². The fourth-order valence-electron chi connectivity index (χ4n) is 2.04. The van der Waals surface area contributed by atoms with Crippen molar-refractivity contribution < 1.29 is 4.74 Å². The minimum Gasteiger partial charge on any atom is -0.489 e. The number of rotatable bonds is 6. The van der Waals surface area contributed by atoms with Crippen molar-refractivity contribution >= 4 is 11.6 Å². The van der Waals surface area contributed by atoms with Crippen molar-refractivity contribution in [2.45, 2.75) is 25.8 Å². The Morgan fingerprint density at radius 1 is 1.25 bits per heavy atom. The summed E-state index contributed by atoms with van der Waals surface area (Å²) in [6.07, 6.45) is 4.39. The molecule has 0 N–H and O–H groups in total. The lowest BCUT2D eigenvalue weighted by molar-refractivity contribution is 0.398. The molecule has 2 aromatic rings. The number of halogens is 1. The molecule has 0 unspecified atom stereocenters. The zero-order valence-electron chi connectivity index (χ0n) is 11.4. The van der Waals surface area contributed by atoms with Gasteiger partial charge in [-0.25, -0.2) is 4.98 Å². The number of nitrogens with zero attached hydrogens (tertiary/aromatic N) is 2. The number of aromatic nitrogens is 2. The van der Waals surface area contributed by atoms with Crippen molar-refractivity contribution in [2.75, 3.05) is 7.11 Å². The SMILES string of the molecule is COc1c(Cl)ncn(CCCCc2ccccc2)c1=O. The van der Waals surface area contributed by atoms with Gasteiger partial charge in [0.1, 0.15) is 0 Å². The van der Waals surface area contributed by atoms with Crippen molar-refractivity contribution in [3.8, 4) is 5.75 Å². The van der Waals surface area contributed by atoms with Crippen molar-refractivity contribution in [1.29, 1.82) is 0 Å². The molecule has 0 saturated carbocycles. The number of unbranched alkanes of at least 4 members (excludes halogenated alkanes) is 1. The Balaban J connectivity index is 1.90. The molecule has 0 fully saturated rings. The van der Waals surface area contributed by atoms with Crippen LogP contribution in [0.25, 0.3) is 0 Å². The topological polar surface area (TPSA) is 44.1 Å². The Hall–Kier alpha value is -1.81. The molecule has 0 aliphatic carbocycles. The number of ether oxygens (including phenoxy) is 1. The van der Waals surface area contributed by atoms with Crippen molar-refractivity contribution in [3.05, 3.63) is 57.7 Å². The van der Waals surface area contributed by atoms with Crippen molar-refractivity contribution in [2.24, 2.45) is 0 Å². The molecule has 4 nitrogen and oxygen atoms in total. The van der Waals surface area contributed by atoms with Gasteiger partial charge >= 0.3 is 0 Å². The van der Waals surface area contributed by atoms with Gasteiger partial charge in [-0.05, 0) is 24.8 Å². The first-order valence-electron chi connectivity index (χ1n) is 6.55. The number of hydrogen-bond donors (Lipinski definition) is 0. The average molecular weight is 293 g/mol. The monoisotopic (exact) mass is 292 g/mol. The zero-order chi connectivity index (χ0) is 14.4. The Morgan fingerprint density at radius 3 is 2.70 bits per heavy atom. The second-order valence-electron chi connectivity index (χ2n) is 4.51. The van der Waals surface area contributed by atoms with Gasteiger partial charge < -0.3 is 4.74 Å². The standard InChI is InChI=1S/C15H17ClN2O2/c1-20-13-14(16)17-11-18(15(13)19)10-6-5-9-12-7-3-2-4-8-12/h2-4,7-8,11H,5-6,9-10H2,1H3. The van der Waals surface area contributed by atoms with Crippen LogP contribution in [-0.4, -0.2) is 16.7 Å². The van der Waals surface area contributed by atoms with Crippen LogP contribution < -0.4 is 10.3 Å². The van der Waals surface area contributed by atoms with Gasteiger partial charge in [-0.2, -0.15) is 0 Å². The maximum Gasteiger partial charge on any atom is 0.297 e. The van der Waals surface area contributed by atoms with Crippen molar-refractivity contribution in [1.82, 2.24) is 9.55 Å². The summed E-state index contributed by atoms with van der Waals surface area (Å²) in [6.45, 7) is 0.617. The minimum absolute atomic E-state index is 0.109. The molecular formula is C15H17ClN2O2. The Labute approximate surface area is 123 Å². The van der Waals surface area contributed by atoms with E-state index in [1.54, 1.807) is 0 Å². The number of aryl methyl sites for hydroxylation is 2. The molecule has 106 valence electrons. The van der Waals surface area contributed by atoms with Crippen LogP contribution in [0.2, 0.25) is 5.15 Å². The van der Waals surface area contributed by atoms with Crippen LogP contribution in [-0.2, 0) is 13.0 Å². The normalized spacial score (nSPS) is 10.5. The summed E-state index contributed by atoms with van der Waals surface area (Å²) < 4.78 is 6.50. The second kappa shape index (κ2) is 7.10. The highest BCUT2D eigenvalue weighted by atomic mass is 35.5. The molecular weight excluding hydrogens is 276 g/mol. The van der Waals surface area contributed by atoms with Gasteiger partial charge in [0.2, 0.25) is 5.75 Å². The molecule has 2 rings (SSSR count). The molecule has 0 aliphatic heterocycles. The molecule has 1 heterocycles. The number of hydrogen-bond acceptors (Lipinski definition) is 3. The van der Waals surface area contributed by atoms with E-state index >= 15 is 0 Å². The molecule has 0 radical (unpaired) electrons. The summed E-state index contributed by atoms with van der Waals surface area (Å²) in [5.74, 6) is 0.109. The van der Waals surface area contributed by atoms with Crippen LogP contribution in [0.1, 0.15) is 18.4 Å². The molecule has 5 heteroatoms. The van der Waals surface area contributed by atoms with Gasteiger partial charge in [0.25, 0.3) is 5.56 Å². The molecule has 0 aliphatic rings. The van der Waals surface area contributed by atoms with Crippen molar-refractivity contribution in [3.63, 3.8) is 0 Å². The fourth-order valence-corrected chi connectivity index (χ4v) is 2.24. The van der Waals surface area contributed by atoms with E-state index in [1.807, 2.05) is 18.2 Å². The van der Waals surface area contributed by atoms with E-state index < -0.39 is 0 Å². The predicted molar refractivity (Wildman–Crippen MR) is 79.4 cm³/mol. The molecule has 1 aromatic carbocycles. The minimum atomic E-state index is -0.229. The molecule has 0 bridgehead atoms. The van der Waals surface area contributed by atoms with Gasteiger partial charge in [0.15, 0.2) is 5.15 Å². The molecule has 0 spiro atoms. The van der Waals surface area contributed by atoms with Crippen LogP contribution in [0.5, 0.6) is 5.75 Å². The molecule has 0 amide bonds. The Bertz CT molecular complexity index is 611. The Morgan fingerprint density at radius 2 is 2.00 bits per heavy atom. The van der Waals surface area contributed by atoms with E-state index in [-0.39, 0.29) is 16.5 Å². The lowest BCUT2D eigenvalue weighted by atomic mass is 10.1. The third-order valence-corrected chi connectivity index (χ3v) is 3.38. The van der Waals surface area contributed by atoms with E-state index in [1.165, 1.54) is 23.6 Å². The first-order valence-corrected chi connectivity index (χ1v) is 6.93. The third-order valence-electron chi connectivity index (χ3n) is 3.11. The van der Waals surface area contributed by atoms with E-state index in [2.05, 4.69) is 17.1 Å².